The summed E-state index contributed by atoms with van der Waals surface area (Å²) < 4.78 is 0. The number of benzene rings is 1. The topological polar surface area (TPSA) is 104 Å². The van der Waals surface area contributed by atoms with Crippen LogP contribution in [0.1, 0.15) is 63.1 Å². The number of nitrogens with one attached hydrogen (secondary N) is 1. The molecule has 0 aliphatic carbocycles. The van der Waals surface area contributed by atoms with E-state index in [0.717, 1.165) is 47.4 Å². The number of unbranched alkanes of at least 4 members (excludes halogenated alkanes) is 2. The molecule has 1 aromatic carbocycles. The molecule has 2 aliphatic rings. The van der Waals surface area contributed by atoms with Crippen molar-refractivity contribution in [2.45, 2.75) is 59.5 Å². The van der Waals surface area contributed by atoms with E-state index in [-0.39, 0.29) is 17.9 Å². The van der Waals surface area contributed by atoms with Crippen LogP contribution in [0.5, 0.6) is 0 Å². The minimum absolute atomic E-state index is 0.0555. The minimum atomic E-state index is -0.133. The van der Waals surface area contributed by atoms with Gasteiger partial charge in [-0.1, -0.05) is 39.3 Å². The molecule has 0 bridgehead atoms. The number of carbonyl (C=O) groups excluding carboxylic acids is 2. The van der Waals surface area contributed by atoms with E-state index < -0.39 is 0 Å². The van der Waals surface area contributed by atoms with Gasteiger partial charge in [0.2, 0.25) is 5.91 Å². The molecule has 34 heavy (non-hydrogen) atoms. The molecule has 182 valence electrons. The first-order chi connectivity index (χ1) is 16.5. The van der Waals surface area contributed by atoms with Crippen molar-refractivity contribution in [1.29, 1.82) is 0 Å². The second-order valence-corrected chi connectivity index (χ2v) is 8.46. The Kier molecular flexibility index (Phi) is 9.16. The van der Waals surface area contributed by atoms with Gasteiger partial charge in [0, 0.05) is 50.1 Å². The van der Waals surface area contributed by atoms with Gasteiger partial charge in [0.25, 0.3) is 0 Å². The molecule has 3 amide bonds. The number of carbonyl (C=O) groups is 2. The highest BCUT2D eigenvalue weighted by molar-refractivity contribution is 6.06. The van der Waals surface area contributed by atoms with Gasteiger partial charge in [-0.2, -0.15) is 5.10 Å². The van der Waals surface area contributed by atoms with E-state index in [0.29, 0.717) is 32.6 Å². The fourth-order valence-electron chi connectivity index (χ4n) is 4.14. The highest BCUT2D eigenvalue weighted by atomic mass is 16.2. The summed E-state index contributed by atoms with van der Waals surface area (Å²) in [4.78, 5) is 30.9. The number of pyridine rings is 1. The molecule has 0 saturated carbocycles. The van der Waals surface area contributed by atoms with Crippen molar-refractivity contribution >= 4 is 23.3 Å². The Bertz CT molecular complexity index is 980. The largest absolute Gasteiger partial charge is 0.330 e. The zero-order valence-corrected chi connectivity index (χ0v) is 20.5. The third-order valence-electron chi connectivity index (χ3n) is 5.98. The minimum Gasteiger partial charge on any atom is -0.330 e. The van der Waals surface area contributed by atoms with Gasteiger partial charge in [0.05, 0.1) is 5.71 Å². The summed E-state index contributed by atoms with van der Waals surface area (Å²) in [6.45, 7) is 8.47. The molecule has 0 radical (unpaired) electrons. The number of nitrogens with zero attached hydrogens (tertiary/aromatic N) is 4. The van der Waals surface area contributed by atoms with Crippen molar-refractivity contribution in [2.75, 3.05) is 18.4 Å². The smallest absolute Gasteiger partial charge is 0.322 e. The third-order valence-corrected chi connectivity index (χ3v) is 5.98. The van der Waals surface area contributed by atoms with Crippen LogP contribution in [0, 0.1) is 5.92 Å². The van der Waals surface area contributed by atoms with Crippen LogP contribution in [0.15, 0.2) is 47.8 Å². The maximum absolute atomic E-state index is 12.7. The van der Waals surface area contributed by atoms with E-state index in [4.69, 9.17) is 5.73 Å². The summed E-state index contributed by atoms with van der Waals surface area (Å²) in [6, 6.07) is 9.50. The zero-order valence-electron chi connectivity index (χ0n) is 20.5. The second kappa shape index (κ2) is 12.3. The van der Waals surface area contributed by atoms with Crippen molar-refractivity contribution in [1.82, 2.24) is 14.9 Å². The molecule has 4 rings (SSSR count). The number of hydrogen-bond donors (Lipinski definition) is 2. The number of anilines is 1. The van der Waals surface area contributed by atoms with E-state index in [9.17, 15) is 9.59 Å². The zero-order chi connectivity index (χ0) is 24.5. The molecule has 3 N–H and O–H groups in total. The summed E-state index contributed by atoms with van der Waals surface area (Å²) >= 11 is 0. The number of aromatic nitrogens is 1. The molecule has 0 saturated heterocycles. The summed E-state index contributed by atoms with van der Waals surface area (Å²) in [7, 11) is 0. The molecule has 1 unspecified atom stereocenters. The lowest BCUT2D eigenvalue weighted by molar-refractivity contribution is -0.132. The van der Waals surface area contributed by atoms with E-state index >= 15 is 0 Å². The van der Waals surface area contributed by atoms with E-state index in [1.54, 1.807) is 16.1 Å². The third kappa shape index (κ3) is 6.20. The molecule has 8 nitrogen and oxygen atoms in total. The predicted octanol–water partition coefficient (Wildman–Crippen LogP) is 4.36. The van der Waals surface area contributed by atoms with Crippen LogP contribution in [0.2, 0.25) is 0 Å². The van der Waals surface area contributed by atoms with E-state index in [2.05, 4.69) is 15.4 Å². The fraction of sp³-hybridized carbons (Fsp3) is 0.462. The first-order valence-corrected chi connectivity index (χ1v) is 12.2. The van der Waals surface area contributed by atoms with E-state index in [1.807, 2.05) is 57.3 Å². The highest BCUT2D eigenvalue weighted by Crippen LogP contribution is 2.24. The Morgan fingerprint density at radius 3 is 2.53 bits per heavy atom. The SMILES string of the molecule is CC.CC1CC(=O)N(CCCCCN)N=C1c1ccc(NC(=O)N2Cc3ccncc3C2)cc1. The molecular formula is C26H36N6O2. The summed E-state index contributed by atoms with van der Waals surface area (Å²) in [5.74, 6) is 0.125. The molecule has 1 atom stereocenters. The van der Waals surface area contributed by atoms with Crippen LogP contribution in [0.3, 0.4) is 0 Å². The molecule has 8 heteroatoms. The van der Waals surface area contributed by atoms with Crippen LogP contribution in [-0.4, -0.2) is 45.6 Å². The molecular weight excluding hydrogens is 428 g/mol. The van der Waals surface area contributed by atoms with Crippen molar-refractivity contribution in [3.63, 3.8) is 0 Å². The lowest BCUT2D eigenvalue weighted by atomic mass is 9.93. The lowest BCUT2D eigenvalue weighted by Crippen LogP contribution is -2.36. The van der Waals surface area contributed by atoms with Crippen molar-refractivity contribution in [3.8, 4) is 0 Å². The van der Waals surface area contributed by atoms with Gasteiger partial charge in [0.15, 0.2) is 0 Å². The average Bonchev–Trinajstić information content (AvgIpc) is 3.30. The summed E-state index contributed by atoms with van der Waals surface area (Å²) in [5, 5.41) is 9.22. The Morgan fingerprint density at radius 2 is 1.82 bits per heavy atom. The van der Waals surface area contributed by atoms with Crippen LogP contribution in [0.25, 0.3) is 0 Å². The first kappa shape index (κ1) is 25.4. The van der Waals surface area contributed by atoms with Crippen LogP contribution in [0.4, 0.5) is 10.5 Å². The molecule has 0 spiro atoms. The van der Waals surface area contributed by atoms with Gasteiger partial charge >= 0.3 is 6.03 Å². The second-order valence-electron chi connectivity index (χ2n) is 8.46. The number of amides is 3. The number of hydrazone groups is 1. The number of fused-ring (bicyclic) bond motifs is 1. The van der Waals surface area contributed by atoms with Crippen molar-refractivity contribution < 1.29 is 9.59 Å². The van der Waals surface area contributed by atoms with Gasteiger partial charge in [-0.25, -0.2) is 9.80 Å². The lowest BCUT2D eigenvalue weighted by Gasteiger charge is -2.28. The van der Waals surface area contributed by atoms with Gasteiger partial charge in [-0.3, -0.25) is 9.78 Å². The van der Waals surface area contributed by atoms with Gasteiger partial charge in [0.1, 0.15) is 0 Å². The van der Waals surface area contributed by atoms with Crippen LogP contribution < -0.4 is 11.1 Å². The van der Waals surface area contributed by atoms with Gasteiger partial charge in [-0.15, -0.1) is 0 Å². The van der Waals surface area contributed by atoms with Gasteiger partial charge < -0.3 is 16.0 Å². The Morgan fingerprint density at radius 1 is 1.09 bits per heavy atom. The first-order valence-electron chi connectivity index (χ1n) is 12.2. The van der Waals surface area contributed by atoms with Crippen LogP contribution >= 0.6 is 0 Å². The highest BCUT2D eigenvalue weighted by Gasteiger charge is 2.27. The average molecular weight is 465 g/mol. The monoisotopic (exact) mass is 464 g/mol. The van der Waals surface area contributed by atoms with Crippen LogP contribution in [-0.2, 0) is 17.9 Å². The molecule has 3 heterocycles. The quantitative estimate of drug-likeness (QED) is 0.594. The summed E-state index contributed by atoms with van der Waals surface area (Å²) in [5.41, 5.74) is 10.4. The normalized spacial score (nSPS) is 17.0. The Balaban J connectivity index is 0.00000158. The predicted molar refractivity (Wildman–Crippen MR) is 135 cm³/mol. The standard InChI is InChI=1S/C24H30N6O2.C2H6/c1-17-13-22(31)30(12-4-2-3-10-25)28-23(17)18-5-7-21(8-6-18)27-24(32)29-15-19-9-11-26-14-20(19)16-29;1-2/h5-9,11,14,17H,2-4,10,12-13,15-16,25H2,1H3,(H,27,32);1-2H3. The molecule has 0 fully saturated rings. The van der Waals surface area contributed by atoms with Crippen molar-refractivity contribution in [2.24, 2.45) is 16.8 Å². The Hall–Kier alpha value is -3.26. The van der Waals surface area contributed by atoms with Crippen molar-refractivity contribution in [3.05, 3.63) is 59.4 Å². The number of rotatable bonds is 7. The van der Waals surface area contributed by atoms with Gasteiger partial charge in [-0.05, 0) is 54.3 Å². The Labute approximate surface area is 202 Å². The maximum Gasteiger partial charge on any atom is 0.322 e. The number of hydrogen-bond acceptors (Lipinski definition) is 5. The number of urea groups is 1. The summed E-state index contributed by atoms with van der Waals surface area (Å²) in [6.07, 6.45) is 6.88. The molecule has 2 aromatic rings. The number of nitrogens with two attached hydrogens (primary N) is 1. The molecule has 2 aliphatic heterocycles. The molecule has 1 aromatic heterocycles. The maximum atomic E-state index is 12.7. The van der Waals surface area contributed by atoms with E-state index in [1.165, 1.54) is 0 Å². The fourth-order valence-corrected chi connectivity index (χ4v) is 4.14.